The molecule has 0 bridgehead atoms. The van der Waals surface area contributed by atoms with E-state index in [0.29, 0.717) is 10.7 Å². The number of rotatable bonds is 2. The van der Waals surface area contributed by atoms with Crippen LogP contribution in [0.15, 0.2) is 12.1 Å². The average molecular weight is 429 g/mol. The Balaban J connectivity index is 1.52. The molecule has 0 spiro atoms. The lowest BCUT2D eigenvalue weighted by molar-refractivity contribution is -0.174. The van der Waals surface area contributed by atoms with Crippen LogP contribution in [0.5, 0.6) is 0 Å². The fourth-order valence-corrected chi connectivity index (χ4v) is 3.72. The zero-order chi connectivity index (χ0) is 21.6. The van der Waals surface area contributed by atoms with Crippen LogP contribution in [0.2, 0.25) is 0 Å². The minimum absolute atomic E-state index is 0.0339. The second-order valence-corrected chi connectivity index (χ2v) is 7.22. The number of aromatic nitrogens is 3. The summed E-state index contributed by atoms with van der Waals surface area (Å²) < 4.78 is 67.6. The Labute approximate surface area is 166 Å². The Morgan fingerprint density at radius 1 is 1.20 bits per heavy atom. The summed E-state index contributed by atoms with van der Waals surface area (Å²) in [6, 6.07) is -1.25. The molecule has 0 unspecified atom stereocenters. The molecule has 1 aromatic carbocycles. The number of fused-ring (bicyclic) bond motifs is 2. The molecule has 1 aromatic heterocycles. The van der Waals surface area contributed by atoms with Crippen molar-refractivity contribution in [2.24, 2.45) is 0 Å². The van der Waals surface area contributed by atoms with Gasteiger partial charge in [-0.3, -0.25) is 9.59 Å². The number of hydrogen-bond donors (Lipinski definition) is 2. The van der Waals surface area contributed by atoms with Gasteiger partial charge in [-0.15, -0.1) is 5.10 Å². The van der Waals surface area contributed by atoms with Gasteiger partial charge in [0.15, 0.2) is 0 Å². The van der Waals surface area contributed by atoms with E-state index in [-0.39, 0.29) is 49.2 Å². The van der Waals surface area contributed by atoms with Gasteiger partial charge in [0.2, 0.25) is 11.7 Å². The van der Waals surface area contributed by atoms with Crippen LogP contribution >= 0.6 is 0 Å². The molecule has 2 aromatic rings. The summed E-state index contributed by atoms with van der Waals surface area (Å²) in [7, 11) is 0. The number of aryl methyl sites for hydroxylation is 2. The fraction of sp³-hybridized carbons (Fsp3) is 0.444. The van der Waals surface area contributed by atoms with E-state index in [4.69, 9.17) is 0 Å². The number of anilines is 1. The molecule has 30 heavy (non-hydrogen) atoms. The molecule has 12 heteroatoms. The molecule has 0 saturated heterocycles. The van der Waals surface area contributed by atoms with Crippen molar-refractivity contribution in [1.29, 1.82) is 0 Å². The largest absolute Gasteiger partial charge is 0.410 e. The summed E-state index contributed by atoms with van der Waals surface area (Å²) in [4.78, 5) is 28.8. The first-order valence-corrected chi connectivity index (χ1v) is 9.25. The molecule has 4 rings (SSSR count). The second-order valence-electron chi connectivity index (χ2n) is 7.22. The summed E-state index contributed by atoms with van der Waals surface area (Å²) in [6.07, 6.45) is -4.05. The lowest BCUT2D eigenvalue weighted by atomic mass is 10.1. The lowest BCUT2D eigenvalue weighted by Crippen LogP contribution is -2.43. The van der Waals surface area contributed by atoms with Crippen molar-refractivity contribution < 1.29 is 31.5 Å². The summed E-state index contributed by atoms with van der Waals surface area (Å²) in [6.45, 7) is 0. The van der Waals surface area contributed by atoms with Gasteiger partial charge in [0.05, 0.1) is 5.69 Å². The predicted molar refractivity (Wildman–Crippen MR) is 92.6 cm³/mol. The third kappa shape index (κ3) is 3.73. The number of amides is 2. The van der Waals surface area contributed by atoms with Crippen LogP contribution in [-0.4, -0.2) is 38.8 Å². The minimum atomic E-state index is -4.52. The Morgan fingerprint density at radius 3 is 2.70 bits per heavy atom. The second kappa shape index (κ2) is 7.33. The van der Waals surface area contributed by atoms with Crippen molar-refractivity contribution in [2.45, 2.75) is 50.4 Å². The topological polar surface area (TPSA) is 88.9 Å². The van der Waals surface area contributed by atoms with Gasteiger partial charge >= 0.3 is 6.18 Å². The summed E-state index contributed by atoms with van der Waals surface area (Å²) >= 11 is 0. The van der Waals surface area contributed by atoms with Gasteiger partial charge in [-0.25, -0.2) is 18.4 Å². The van der Waals surface area contributed by atoms with E-state index >= 15 is 0 Å². The van der Waals surface area contributed by atoms with E-state index in [1.165, 1.54) is 0 Å². The maximum atomic E-state index is 13.9. The molecular formula is C18H16F5N5O2. The Kier molecular flexibility index (Phi) is 4.94. The lowest BCUT2D eigenvalue weighted by Gasteiger charge is -2.25. The summed E-state index contributed by atoms with van der Waals surface area (Å²) in [5.41, 5.74) is 0.0722. The molecule has 160 valence electrons. The molecule has 2 atom stereocenters. The van der Waals surface area contributed by atoms with E-state index < -0.39 is 47.5 Å². The quantitative estimate of drug-likeness (QED) is 0.719. The number of halogens is 5. The van der Waals surface area contributed by atoms with Crippen LogP contribution in [0, 0.1) is 11.6 Å². The number of hydrogen-bond acceptors (Lipinski definition) is 4. The number of alkyl halides is 3. The highest BCUT2D eigenvalue weighted by molar-refractivity contribution is 6.00. The third-order valence-electron chi connectivity index (χ3n) is 5.17. The van der Waals surface area contributed by atoms with Crippen LogP contribution < -0.4 is 10.6 Å². The SMILES string of the molecule is O=C(N[C@H]1CCc2cc(F)cc(F)c2NC1=O)c1nc2n(n1)[C@@H](C(F)(F)F)CCC2. The minimum Gasteiger partial charge on any atom is -0.337 e. The van der Waals surface area contributed by atoms with Crippen molar-refractivity contribution in [2.75, 3.05) is 5.32 Å². The number of nitrogens with one attached hydrogen (secondary N) is 2. The van der Waals surface area contributed by atoms with Gasteiger partial charge < -0.3 is 10.6 Å². The number of carbonyl (C=O) groups excluding carboxylic acids is 2. The molecule has 2 aliphatic rings. The molecular weight excluding hydrogens is 413 g/mol. The maximum absolute atomic E-state index is 13.9. The number of nitrogens with zero attached hydrogens (tertiary/aromatic N) is 3. The fourth-order valence-electron chi connectivity index (χ4n) is 3.72. The van der Waals surface area contributed by atoms with Crippen LogP contribution in [-0.2, 0) is 17.6 Å². The molecule has 2 amide bonds. The van der Waals surface area contributed by atoms with Gasteiger partial charge in [-0.2, -0.15) is 13.2 Å². The monoisotopic (exact) mass is 429 g/mol. The molecule has 2 aliphatic heterocycles. The maximum Gasteiger partial charge on any atom is 0.410 e. The molecule has 0 radical (unpaired) electrons. The Bertz CT molecular complexity index is 1020. The smallest absolute Gasteiger partial charge is 0.337 e. The normalized spacial score (nSPS) is 21.3. The van der Waals surface area contributed by atoms with Crippen molar-refractivity contribution in [1.82, 2.24) is 20.1 Å². The summed E-state index contributed by atoms with van der Waals surface area (Å²) in [5, 5.41) is 8.39. The average Bonchev–Trinajstić information content (AvgIpc) is 3.04. The molecule has 2 N–H and O–H groups in total. The van der Waals surface area contributed by atoms with Crippen molar-refractivity contribution >= 4 is 17.5 Å². The van der Waals surface area contributed by atoms with Crippen LogP contribution in [0.25, 0.3) is 0 Å². The van der Waals surface area contributed by atoms with Crippen LogP contribution in [0.3, 0.4) is 0 Å². The third-order valence-corrected chi connectivity index (χ3v) is 5.17. The molecule has 7 nitrogen and oxygen atoms in total. The Morgan fingerprint density at radius 2 is 1.97 bits per heavy atom. The van der Waals surface area contributed by atoms with E-state index in [9.17, 15) is 31.5 Å². The van der Waals surface area contributed by atoms with E-state index in [0.717, 1.165) is 6.07 Å². The zero-order valence-corrected chi connectivity index (χ0v) is 15.4. The first kappa shape index (κ1) is 20.2. The highest BCUT2D eigenvalue weighted by Gasteiger charge is 2.44. The number of benzene rings is 1. The van der Waals surface area contributed by atoms with Gasteiger partial charge in [-0.05, 0) is 37.3 Å². The van der Waals surface area contributed by atoms with Crippen LogP contribution in [0.1, 0.15) is 47.3 Å². The molecule has 3 heterocycles. The number of carbonyl (C=O) groups is 2. The van der Waals surface area contributed by atoms with Gasteiger partial charge in [0.25, 0.3) is 5.91 Å². The Hall–Kier alpha value is -3.05. The zero-order valence-electron chi connectivity index (χ0n) is 15.4. The van der Waals surface area contributed by atoms with Gasteiger partial charge in [-0.1, -0.05) is 0 Å². The van der Waals surface area contributed by atoms with Crippen molar-refractivity contribution in [3.8, 4) is 0 Å². The predicted octanol–water partition coefficient (Wildman–Crippen LogP) is 2.68. The molecule has 0 fully saturated rings. The van der Waals surface area contributed by atoms with E-state index in [2.05, 4.69) is 20.7 Å². The highest BCUT2D eigenvalue weighted by atomic mass is 19.4. The first-order chi connectivity index (χ1) is 14.1. The highest BCUT2D eigenvalue weighted by Crippen LogP contribution is 2.37. The van der Waals surface area contributed by atoms with E-state index in [1.54, 1.807) is 0 Å². The molecule has 0 aliphatic carbocycles. The van der Waals surface area contributed by atoms with Gasteiger partial charge in [0.1, 0.15) is 29.5 Å². The van der Waals surface area contributed by atoms with E-state index in [1.807, 2.05) is 0 Å². The molecule has 0 saturated carbocycles. The van der Waals surface area contributed by atoms with Crippen molar-refractivity contribution in [3.05, 3.63) is 41.0 Å². The van der Waals surface area contributed by atoms with Crippen molar-refractivity contribution in [3.63, 3.8) is 0 Å². The van der Waals surface area contributed by atoms with Gasteiger partial charge in [0, 0.05) is 12.5 Å². The van der Waals surface area contributed by atoms with Crippen LogP contribution in [0.4, 0.5) is 27.6 Å². The standard InChI is InChI=1S/C18H16F5N5O2/c19-9-6-8-4-5-11(16(29)26-14(8)10(20)7-9)24-17(30)15-25-13-3-1-2-12(18(21,22)23)28(13)27-15/h6-7,11-12H,1-5H2,(H,24,30)(H,26,29)/t11-,12+/m0/s1. The first-order valence-electron chi connectivity index (χ1n) is 9.25. The summed E-state index contributed by atoms with van der Waals surface area (Å²) in [5.74, 6) is -3.82.